The average Bonchev–Trinajstić information content (AvgIpc) is 3.06. The lowest BCUT2D eigenvalue weighted by atomic mass is 10.1. The molecule has 0 aromatic heterocycles. The molecule has 0 aliphatic carbocycles. The molecule has 6 nitrogen and oxygen atoms in total. The summed E-state index contributed by atoms with van der Waals surface area (Å²) in [5, 5.41) is 2.24. The van der Waals surface area contributed by atoms with Gasteiger partial charge in [0.1, 0.15) is 0 Å². The molecule has 3 rings (SSSR count). The summed E-state index contributed by atoms with van der Waals surface area (Å²) in [4.78, 5) is 16.7. The first-order valence-electron chi connectivity index (χ1n) is 8.62. The summed E-state index contributed by atoms with van der Waals surface area (Å²) in [5.74, 6) is 0.780. The van der Waals surface area contributed by atoms with Gasteiger partial charge in [-0.1, -0.05) is 11.6 Å². The van der Waals surface area contributed by atoms with Gasteiger partial charge < -0.3 is 19.5 Å². The van der Waals surface area contributed by atoms with E-state index in [0.717, 1.165) is 23.9 Å². The number of amidine groups is 1. The van der Waals surface area contributed by atoms with E-state index in [1.54, 1.807) is 18.2 Å². The summed E-state index contributed by atoms with van der Waals surface area (Å²) < 4.78 is 55.0. The van der Waals surface area contributed by atoms with Gasteiger partial charge in [0.2, 0.25) is 5.75 Å². The molecule has 0 atom stereocenters. The molecule has 0 unspecified atom stereocenters. The number of benzene rings is 2. The minimum absolute atomic E-state index is 0.00793. The number of carbonyl (C=O) groups excluding carboxylic acids is 1. The van der Waals surface area contributed by atoms with E-state index in [9.17, 15) is 18.0 Å². The average molecular weight is 473 g/mol. The Hall–Kier alpha value is -2.85. The normalized spacial score (nSPS) is 16.5. The second-order valence-electron chi connectivity index (χ2n) is 6.10. The fourth-order valence-electron chi connectivity index (χ4n) is 2.73. The van der Waals surface area contributed by atoms with Crippen molar-refractivity contribution in [2.75, 3.05) is 21.3 Å². The van der Waals surface area contributed by atoms with Crippen LogP contribution in [0.25, 0.3) is 6.08 Å². The fraction of sp³-hybridized carbons (Fsp3) is 0.200. The third-order valence-corrected chi connectivity index (χ3v) is 5.36. The number of halogens is 4. The number of aliphatic imine (C=N–C) groups is 1. The number of nitrogens with zero attached hydrogens (tertiary/aromatic N) is 1. The quantitative estimate of drug-likeness (QED) is 0.600. The van der Waals surface area contributed by atoms with Crippen LogP contribution in [-0.4, -0.2) is 32.4 Å². The molecule has 0 saturated carbocycles. The second-order valence-corrected chi connectivity index (χ2v) is 7.54. The predicted octanol–water partition coefficient (Wildman–Crippen LogP) is 5.28. The van der Waals surface area contributed by atoms with Crippen molar-refractivity contribution >= 4 is 46.2 Å². The molecule has 1 fully saturated rings. The molecule has 2 aromatic rings. The molecular formula is C20H16ClF3N2O4S. The summed E-state index contributed by atoms with van der Waals surface area (Å²) >= 11 is 6.61. The Labute approximate surface area is 185 Å². The SMILES string of the molecule is COc1cc(C=C2SC(=Nc3ccc(Cl)c(C(F)(F)F)c3)NC2=O)cc(OC)c1OC. The molecule has 1 amide bonds. The van der Waals surface area contributed by atoms with Gasteiger partial charge in [-0.3, -0.25) is 4.79 Å². The third kappa shape index (κ3) is 5.08. The van der Waals surface area contributed by atoms with Crippen molar-refractivity contribution in [2.24, 2.45) is 4.99 Å². The van der Waals surface area contributed by atoms with E-state index in [-0.39, 0.29) is 15.8 Å². The van der Waals surface area contributed by atoms with Crippen molar-refractivity contribution < 1.29 is 32.2 Å². The van der Waals surface area contributed by atoms with Crippen LogP contribution in [-0.2, 0) is 11.0 Å². The van der Waals surface area contributed by atoms with Gasteiger partial charge in [-0.15, -0.1) is 0 Å². The lowest BCUT2D eigenvalue weighted by Gasteiger charge is -2.12. The highest BCUT2D eigenvalue weighted by molar-refractivity contribution is 8.18. The Balaban J connectivity index is 1.91. The van der Waals surface area contributed by atoms with E-state index in [0.29, 0.717) is 22.8 Å². The smallest absolute Gasteiger partial charge is 0.417 e. The molecule has 1 N–H and O–H groups in total. The zero-order valence-corrected chi connectivity index (χ0v) is 18.0. The Morgan fingerprint density at radius 1 is 1.06 bits per heavy atom. The van der Waals surface area contributed by atoms with Gasteiger partial charge in [0.25, 0.3) is 5.91 Å². The van der Waals surface area contributed by atoms with Crippen LogP contribution in [0.2, 0.25) is 5.02 Å². The Morgan fingerprint density at radius 3 is 2.26 bits per heavy atom. The maximum atomic E-state index is 13.0. The van der Waals surface area contributed by atoms with E-state index < -0.39 is 22.7 Å². The summed E-state index contributed by atoms with van der Waals surface area (Å²) in [7, 11) is 4.41. The number of hydrogen-bond acceptors (Lipinski definition) is 6. The molecule has 0 radical (unpaired) electrons. The lowest BCUT2D eigenvalue weighted by Crippen LogP contribution is -2.19. The van der Waals surface area contributed by atoms with Gasteiger partial charge in [-0.05, 0) is 53.7 Å². The maximum Gasteiger partial charge on any atom is 0.417 e. The first-order chi connectivity index (χ1) is 14.7. The molecule has 2 aromatic carbocycles. The largest absolute Gasteiger partial charge is 0.493 e. The van der Waals surface area contributed by atoms with E-state index in [1.165, 1.54) is 27.4 Å². The van der Waals surface area contributed by atoms with E-state index in [1.807, 2.05) is 0 Å². The van der Waals surface area contributed by atoms with Crippen LogP contribution in [0, 0.1) is 0 Å². The maximum absolute atomic E-state index is 13.0. The van der Waals surface area contributed by atoms with Crippen molar-refractivity contribution in [3.8, 4) is 17.2 Å². The molecule has 0 bridgehead atoms. The van der Waals surface area contributed by atoms with Crippen LogP contribution < -0.4 is 19.5 Å². The Kier molecular flexibility index (Phi) is 6.71. The number of ether oxygens (including phenoxy) is 3. The van der Waals surface area contributed by atoms with Crippen molar-refractivity contribution in [1.82, 2.24) is 5.32 Å². The van der Waals surface area contributed by atoms with Crippen molar-refractivity contribution in [2.45, 2.75) is 6.18 Å². The molecule has 11 heteroatoms. The number of methoxy groups -OCH3 is 3. The number of hydrogen-bond donors (Lipinski definition) is 1. The van der Waals surface area contributed by atoms with Crippen molar-refractivity contribution in [3.05, 3.63) is 51.4 Å². The summed E-state index contributed by atoms with van der Waals surface area (Å²) in [6, 6.07) is 6.58. The predicted molar refractivity (Wildman–Crippen MR) is 113 cm³/mol. The monoisotopic (exact) mass is 472 g/mol. The van der Waals surface area contributed by atoms with Gasteiger partial charge in [-0.25, -0.2) is 4.99 Å². The topological polar surface area (TPSA) is 69.2 Å². The first kappa shape index (κ1) is 22.8. The highest BCUT2D eigenvalue weighted by Gasteiger charge is 2.33. The highest BCUT2D eigenvalue weighted by atomic mass is 35.5. The lowest BCUT2D eigenvalue weighted by molar-refractivity contribution is -0.137. The summed E-state index contributed by atoms with van der Waals surface area (Å²) in [6.07, 6.45) is -3.03. The Morgan fingerprint density at radius 2 is 1.71 bits per heavy atom. The number of nitrogens with one attached hydrogen (secondary N) is 1. The van der Waals surface area contributed by atoms with Crippen LogP contribution in [0.1, 0.15) is 11.1 Å². The molecule has 31 heavy (non-hydrogen) atoms. The molecule has 164 valence electrons. The van der Waals surface area contributed by atoms with Gasteiger partial charge in [0.05, 0.1) is 42.5 Å². The van der Waals surface area contributed by atoms with Crippen molar-refractivity contribution in [1.29, 1.82) is 0 Å². The molecule has 1 saturated heterocycles. The standard InChI is InChI=1S/C20H16ClF3N2O4S/c1-28-14-6-10(7-15(29-2)17(14)30-3)8-16-18(27)26-19(31-16)25-11-4-5-13(21)12(9-11)20(22,23)24/h4-9H,1-3H3,(H,25,26,27). The molecule has 1 aliphatic heterocycles. The van der Waals surface area contributed by atoms with Crippen LogP contribution in [0.3, 0.4) is 0 Å². The molecular weight excluding hydrogens is 457 g/mol. The second kappa shape index (κ2) is 9.11. The van der Waals surface area contributed by atoms with E-state index in [4.69, 9.17) is 25.8 Å². The summed E-state index contributed by atoms with van der Waals surface area (Å²) in [5.41, 5.74) is -0.397. The minimum Gasteiger partial charge on any atom is -0.493 e. The van der Waals surface area contributed by atoms with Crippen molar-refractivity contribution in [3.63, 3.8) is 0 Å². The van der Waals surface area contributed by atoms with Crippen LogP contribution in [0.5, 0.6) is 17.2 Å². The van der Waals surface area contributed by atoms with Gasteiger partial charge in [0, 0.05) is 0 Å². The first-order valence-corrected chi connectivity index (χ1v) is 9.82. The molecule has 1 heterocycles. The summed E-state index contributed by atoms with van der Waals surface area (Å²) in [6.45, 7) is 0. The number of rotatable bonds is 5. The van der Waals surface area contributed by atoms with Crippen LogP contribution in [0.15, 0.2) is 40.2 Å². The Bertz CT molecular complexity index is 1060. The fourth-order valence-corrected chi connectivity index (χ4v) is 3.80. The number of thioether (sulfide) groups is 1. The number of carbonyl (C=O) groups is 1. The van der Waals surface area contributed by atoms with Crippen LogP contribution >= 0.6 is 23.4 Å². The van der Waals surface area contributed by atoms with E-state index >= 15 is 0 Å². The number of amides is 1. The third-order valence-electron chi connectivity index (χ3n) is 4.12. The highest BCUT2D eigenvalue weighted by Crippen LogP contribution is 2.40. The van der Waals surface area contributed by atoms with Crippen LogP contribution in [0.4, 0.5) is 18.9 Å². The minimum atomic E-state index is -4.61. The van der Waals surface area contributed by atoms with Gasteiger partial charge >= 0.3 is 6.18 Å². The van der Waals surface area contributed by atoms with Gasteiger partial charge in [0.15, 0.2) is 16.7 Å². The zero-order valence-electron chi connectivity index (χ0n) is 16.5. The zero-order chi connectivity index (χ0) is 22.8. The number of alkyl halides is 3. The van der Waals surface area contributed by atoms with Gasteiger partial charge in [-0.2, -0.15) is 13.2 Å². The molecule has 0 spiro atoms. The van der Waals surface area contributed by atoms with E-state index in [2.05, 4.69) is 10.3 Å². The molecule has 1 aliphatic rings.